The van der Waals surface area contributed by atoms with Crippen LogP contribution in [-0.4, -0.2) is 128 Å². The third kappa shape index (κ3) is 7.19. The Morgan fingerprint density at radius 1 is 0.911 bits per heavy atom. The van der Waals surface area contributed by atoms with E-state index in [1.165, 1.54) is 0 Å². The van der Waals surface area contributed by atoms with E-state index in [-0.39, 0.29) is 23.9 Å². The van der Waals surface area contributed by atoms with Gasteiger partial charge in [-0.05, 0) is 69.6 Å². The van der Waals surface area contributed by atoms with Crippen molar-refractivity contribution in [2.75, 3.05) is 19.8 Å². The maximum Gasteiger partial charge on any atom is 0.314 e. The van der Waals surface area contributed by atoms with E-state index in [1.807, 2.05) is 19.9 Å². The summed E-state index contributed by atoms with van der Waals surface area (Å²) in [7, 11) is 0. The molecule has 0 unspecified atom stereocenters. The molecule has 4 rings (SSSR count). The fourth-order valence-corrected chi connectivity index (χ4v) is 8.10. The largest absolute Gasteiger partial charge is 0.432 e. The summed E-state index contributed by atoms with van der Waals surface area (Å²) in [5.74, 6) is -0.480. The van der Waals surface area contributed by atoms with Gasteiger partial charge in [0.25, 0.3) is 0 Å². The molecule has 2 aliphatic carbocycles. The van der Waals surface area contributed by atoms with E-state index in [4.69, 9.17) is 18.9 Å². The molecule has 0 aromatic carbocycles. The smallest absolute Gasteiger partial charge is 0.314 e. The summed E-state index contributed by atoms with van der Waals surface area (Å²) in [6.07, 6.45) is -7.11. The van der Waals surface area contributed by atoms with E-state index in [1.54, 1.807) is 0 Å². The van der Waals surface area contributed by atoms with Crippen molar-refractivity contribution in [1.29, 1.82) is 0 Å². The Kier molecular flexibility index (Phi) is 11.9. The first kappa shape index (κ1) is 36.3. The van der Waals surface area contributed by atoms with Gasteiger partial charge in [-0.25, -0.2) is 0 Å². The highest BCUT2D eigenvalue weighted by atomic mass is 16.7. The highest BCUT2D eigenvalue weighted by molar-refractivity contribution is 5.77. The van der Waals surface area contributed by atoms with Gasteiger partial charge in [0.2, 0.25) is 6.29 Å². The fourth-order valence-electron chi connectivity index (χ4n) is 8.10. The third-order valence-electron chi connectivity index (χ3n) is 10.9. The second-order valence-corrected chi connectivity index (χ2v) is 13.8. The van der Waals surface area contributed by atoms with Crippen LogP contribution < -0.4 is 0 Å². The van der Waals surface area contributed by atoms with E-state index < -0.39 is 86.0 Å². The first-order valence-corrected chi connectivity index (χ1v) is 16.0. The lowest BCUT2D eigenvalue weighted by Gasteiger charge is -2.58. The number of fused-ring (bicyclic) bond motifs is 1. The summed E-state index contributed by atoms with van der Waals surface area (Å²) < 4.78 is 22.1. The minimum absolute atomic E-state index is 0.0505. The van der Waals surface area contributed by atoms with E-state index in [9.17, 15) is 45.6 Å². The number of aliphatic hydroxyl groups excluding tert-OH is 8. The molecule has 2 heterocycles. The molecule has 45 heavy (non-hydrogen) atoms. The Morgan fingerprint density at radius 3 is 2.09 bits per heavy atom. The van der Waals surface area contributed by atoms with Crippen molar-refractivity contribution in [2.45, 2.75) is 127 Å². The summed E-state index contributed by atoms with van der Waals surface area (Å²) in [4.78, 5) is 13.8. The molecule has 14 atom stereocenters. The van der Waals surface area contributed by atoms with Crippen LogP contribution in [0.4, 0.5) is 0 Å². The van der Waals surface area contributed by atoms with Crippen LogP contribution in [0.3, 0.4) is 0 Å². The number of carbonyl (C=O) groups is 1. The SMILES string of the molecule is C=C1CC[C@@H]2[C@](C)(CCC[C@]2(C)C(=O)O[C@H]2O[C@@H](CO)[C@H](O)[C@@H](O)[C@@H]2O)[C@@H]1CC/C(C)=C/CO[C@H]1O[C@@H](CO)[C@H](O)[C@@H](O)[C@@H]1O. The summed E-state index contributed by atoms with van der Waals surface area (Å²) in [6.45, 7) is 9.38. The standard InChI is InChI=1S/C32H52O13/c1-16(10-13-42-28-26(39)24(37)22(35)19(14-33)43-28)6-8-18-17(2)7-9-21-31(18,3)11-5-12-32(21,4)30(41)45-29-27(40)25(38)23(36)20(15-34)44-29/h10,18-29,33-40H,2,5-9,11-15H2,1,3-4H3/b16-10+/t18-,19+,20+,21-,22+,23+,24-,25-,26+,27+,28+,29-,31-,32+/m1/s1. The fraction of sp³-hybridized carbons (Fsp3) is 0.844. The van der Waals surface area contributed by atoms with Crippen LogP contribution in [0.2, 0.25) is 0 Å². The van der Waals surface area contributed by atoms with Gasteiger partial charge in [0.15, 0.2) is 6.29 Å². The molecule has 2 saturated heterocycles. The molecule has 13 nitrogen and oxygen atoms in total. The number of hydrogen-bond acceptors (Lipinski definition) is 13. The van der Waals surface area contributed by atoms with Crippen molar-refractivity contribution in [3.8, 4) is 0 Å². The molecule has 0 radical (unpaired) electrons. The van der Waals surface area contributed by atoms with E-state index in [2.05, 4.69) is 13.5 Å². The minimum Gasteiger partial charge on any atom is -0.432 e. The molecular weight excluding hydrogens is 592 g/mol. The van der Waals surface area contributed by atoms with Crippen LogP contribution >= 0.6 is 0 Å². The van der Waals surface area contributed by atoms with Crippen molar-refractivity contribution in [1.82, 2.24) is 0 Å². The highest BCUT2D eigenvalue weighted by Gasteiger charge is 2.59. The number of rotatable bonds is 10. The molecule has 0 bridgehead atoms. The predicted molar refractivity (Wildman–Crippen MR) is 158 cm³/mol. The third-order valence-corrected chi connectivity index (χ3v) is 10.9. The topological polar surface area (TPSA) is 216 Å². The van der Waals surface area contributed by atoms with Gasteiger partial charge in [-0.2, -0.15) is 0 Å². The Hall–Kier alpha value is -1.49. The van der Waals surface area contributed by atoms with Gasteiger partial charge in [-0.15, -0.1) is 0 Å². The van der Waals surface area contributed by atoms with E-state index in [0.29, 0.717) is 6.42 Å². The molecule has 0 aromatic heterocycles. The number of carbonyl (C=O) groups excluding carboxylic acids is 1. The zero-order valence-corrected chi connectivity index (χ0v) is 26.4. The Bertz CT molecular complexity index is 1060. The summed E-state index contributed by atoms with van der Waals surface area (Å²) >= 11 is 0. The molecule has 0 spiro atoms. The Balaban J connectivity index is 1.39. The van der Waals surface area contributed by atoms with Crippen LogP contribution in [0, 0.1) is 22.7 Å². The van der Waals surface area contributed by atoms with Gasteiger partial charge in [-0.3, -0.25) is 4.79 Å². The van der Waals surface area contributed by atoms with Crippen LogP contribution in [0.1, 0.15) is 65.7 Å². The normalized spacial score (nSPS) is 46.0. The number of aliphatic hydroxyl groups is 8. The van der Waals surface area contributed by atoms with E-state index in [0.717, 1.165) is 49.7 Å². The van der Waals surface area contributed by atoms with Gasteiger partial charge in [0.05, 0.1) is 25.2 Å². The van der Waals surface area contributed by atoms with Crippen molar-refractivity contribution >= 4 is 5.97 Å². The summed E-state index contributed by atoms with van der Waals surface area (Å²) in [5, 5.41) is 79.8. The quantitative estimate of drug-likeness (QED) is 0.113. The van der Waals surface area contributed by atoms with Crippen molar-refractivity contribution in [3.63, 3.8) is 0 Å². The maximum absolute atomic E-state index is 13.8. The predicted octanol–water partition coefficient (Wildman–Crippen LogP) is -0.349. The molecule has 0 amide bonds. The number of esters is 1. The lowest BCUT2D eigenvalue weighted by atomic mass is 9.46. The van der Waals surface area contributed by atoms with Crippen LogP contribution in [0.25, 0.3) is 0 Å². The summed E-state index contributed by atoms with van der Waals surface area (Å²) in [5.41, 5.74) is 1.00. The van der Waals surface area contributed by atoms with Gasteiger partial charge >= 0.3 is 5.97 Å². The van der Waals surface area contributed by atoms with Crippen LogP contribution in [-0.2, 0) is 23.7 Å². The van der Waals surface area contributed by atoms with Crippen molar-refractivity contribution in [3.05, 3.63) is 23.8 Å². The molecular formula is C32H52O13. The Morgan fingerprint density at radius 2 is 1.49 bits per heavy atom. The molecule has 8 N–H and O–H groups in total. The lowest BCUT2D eigenvalue weighted by molar-refractivity contribution is -0.298. The average molecular weight is 645 g/mol. The maximum atomic E-state index is 13.8. The first-order chi connectivity index (χ1) is 21.2. The number of allylic oxidation sites excluding steroid dienone is 2. The number of ether oxygens (including phenoxy) is 4. The minimum atomic E-state index is -1.66. The monoisotopic (exact) mass is 644 g/mol. The average Bonchev–Trinajstić information content (AvgIpc) is 3.00. The van der Waals surface area contributed by atoms with Crippen molar-refractivity contribution in [2.24, 2.45) is 22.7 Å². The molecule has 4 aliphatic rings. The first-order valence-electron chi connectivity index (χ1n) is 16.0. The van der Waals surface area contributed by atoms with Gasteiger partial charge in [0.1, 0.15) is 48.8 Å². The molecule has 258 valence electrons. The van der Waals surface area contributed by atoms with Crippen LogP contribution in [0.5, 0.6) is 0 Å². The second kappa shape index (κ2) is 14.7. The van der Waals surface area contributed by atoms with Crippen LogP contribution in [0.15, 0.2) is 23.8 Å². The Labute approximate surface area is 264 Å². The lowest BCUT2D eigenvalue weighted by Crippen LogP contribution is -2.61. The molecule has 13 heteroatoms. The molecule has 2 aliphatic heterocycles. The van der Waals surface area contributed by atoms with Gasteiger partial charge in [-0.1, -0.05) is 37.1 Å². The number of hydrogen-bond donors (Lipinski definition) is 8. The van der Waals surface area contributed by atoms with E-state index >= 15 is 0 Å². The van der Waals surface area contributed by atoms with Crippen molar-refractivity contribution < 1.29 is 64.6 Å². The van der Waals surface area contributed by atoms with Gasteiger partial charge < -0.3 is 59.8 Å². The molecule has 0 aromatic rings. The zero-order valence-electron chi connectivity index (χ0n) is 26.4. The zero-order chi connectivity index (χ0) is 33.3. The molecule has 4 fully saturated rings. The highest BCUT2D eigenvalue weighted by Crippen LogP contribution is 2.62. The summed E-state index contributed by atoms with van der Waals surface area (Å²) in [6, 6.07) is 0. The van der Waals surface area contributed by atoms with Gasteiger partial charge in [0, 0.05) is 0 Å². The second-order valence-electron chi connectivity index (χ2n) is 13.8. The molecule has 2 saturated carbocycles.